The van der Waals surface area contributed by atoms with Crippen LogP contribution in [0.3, 0.4) is 0 Å². The zero-order valence-corrected chi connectivity index (χ0v) is 18.5. The van der Waals surface area contributed by atoms with Crippen molar-refractivity contribution in [2.75, 3.05) is 5.32 Å². The molecule has 0 saturated carbocycles. The molecule has 0 fully saturated rings. The van der Waals surface area contributed by atoms with Crippen LogP contribution in [0.15, 0.2) is 54.6 Å². The van der Waals surface area contributed by atoms with E-state index >= 15 is 0 Å². The zero-order valence-electron chi connectivity index (χ0n) is 18.5. The van der Waals surface area contributed by atoms with Crippen LogP contribution in [0.25, 0.3) is 0 Å². The Kier molecular flexibility index (Phi) is 7.23. The molecule has 1 aromatic heterocycles. The Morgan fingerprint density at radius 3 is 2.33 bits per heavy atom. The first-order valence-electron chi connectivity index (χ1n) is 10.4. The van der Waals surface area contributed by atoms with Gasteiger partial charge in [-0.15, -0.1) is 0 Å². The second-order valence-electron chi connectivity index (χ2n) is 8.54. The third-order valence-electron chi connectivity index (χ3n) is 5.25. The number of carbonyl (C=O) groups excluding carboxylic acids is 2. The fourth-order valence-corrected chi connectivity index (χ4v) is 3.41. The average Bonchev–Trinajstić information content (AvgIpc) is 3.22. The van der Waals surface area contributed by atoms with Crippen LogP contribution in [0.1, 0.15) is 43.7 Å². The fourth-order valence-electron chi connectivity index (χ4n) is 3.41. The summed E-state index contributed by atoms with van der Waals surface area (Å²) in [5.74, 6) is -3.10. The van der Waals surface area contributed by atoms with Crippen LogP contribution in [0.2, 0.25) is 0 Å². The molecule has 0 bridgehead atoms. The Balaban J connectivity index is 1.59. The Hall–Kier alpha value is -3.59. The predicted molar refractivity (Wildman–Crippen MR) is 119 cm³/mol. The van der Waals surface area contributed by atoms with Gasteiger partial charge in [0.05, 0.1) is 0 Å². The van der Waals surface area contributed by atoms with Crippen molar-refractivity contribution < 1.29 is 23.5 Å². The minimum atomic E-state index is -1.83. The standard InChI is InChI=1S/C24H26F2N4O3/c1-14(27-23(33)21(31)16-9-17(25)11-18(26)10-16)22(32)28-20-12-19(29-30-20)24(2,3)13-15-7-5-4-6-8-15/h4-12,14,21,31H,13H2,1-3H3,(H,27,33)(H2,28,29,30,32)/t14?,21-/m1/s1. The van der Waals surface area contributed by atoms with Gasteiger partial charge in [0.2, 0.25) is 5.91 Å². The van der Waals surface area contributed by atoms with E-state index in [1.54, 1.807) is 6.07 Å². The van der Waals surface area contributed by atoms with Gasteiger partial charge in [-0.05, 0) is 36.6 Å². The molecule has 33 heavy (non-hydrogen) atoms. The Morgan fingerprint density at radius 2 is 1.70 bits per heavy atom. The number of hydrogen-bond donors (Lipinski definition) is 4. The van der Waals surface area contributed by atoms with Gasteiger partial charge < -0.3 is 15.7 Å². The smallest absolute Gasteiger partial charge is 0.254 e. The van der Waals surface area contributed by atoms with Gasteiger partial charge in [0.15, 0.2) is 11.9 Å². The highest BCUT2D eigenvalue weighted by Crippen LogP contribution is 2.27. The molecule has 0 aliphatic rings. The highest BCUT2D eigenvalue weighted by molar-refractivity contribution is 5.97. The van der Waals surface area contributed by atoms with Crippen molar-refractivity contribution >= 4 is 17.6 Å². The number of anilines is 1. The van der Waals surface area contributed by atoms with Crippen molar-refractivity contribution in [3.63, 3.8) is 0 Å². The highest BCUT2D eigenvalue weighted by atomic mass is 19.1. The molecule has 174 valence electrons. The van der Waals surface area contributed by atoms with E-state index in [0.29, 0.717) is 6.07 Å². The monoisotopic (exact) mass is 456 g/mol. The summed E-state index contributed by atoms with van der Waals surface area (Å²) in [5.41, 5.74) is 1.45. The van der Waals surface area contributed by atoms with E-state index < -0.39 is 35.6 Å². The molecular formula is C24H26F2N4O3. The highest BCUT2D eigenvalue weighted by Gasteiger charge is 2.26. The number of H-pyrrole nitrogens is 1. The van der Waals surface area contributed by atoms with Crippen LogP contribution < -0.4 is 10.6 Å². The van der Waals surface area contributed by atoms with E-state index in [1.807, 2.05) is 30.3 Å². The number of rotatable bonds is 8. The molecule has 2 atom stereocenters. The molecule has 9 heteroatoms. The van der Waals surface area contributed by atoms with Crippen molar-refractivity contribution in [2.24, 2.45) is 0 Å². The molecule has 1 heterocycles. The largest absolute Gasteiger partial charge is 0.378 e. The number of nitrogens with zero attached hydrogens (tertiary/aromatic N) is 1. The normalized spacial score (nSPS) is 13.3. The second-order valence-corrected chi connectivity index (χ2v) is 8.54. The summed E-state index contributed by atoms with van der Waals surface area (Å²) in [4.78, 5) is 24.7. The molecule has 2 amide bonds. The number of nitrogens with one attached hydrogen (secondary N) is 3. The number of aromatic nitrogens is 2. The number of halogens is 2. The number of amides is 2. The van der Waals surface area contributed by atoms with Crippen molar-refractivity contribution in [2.45, 2.75) is 44.8 Å². The van der Waals surface area contributed by atoms with Crippen LogP contribution in [0, 0.1) is 11.6 Å². The zero-order chi connectivity index (χ0) is 24.2. The fraction of sp³-hybridized carbons (Fsp3) is 0.292. The van der Waals surface area contributed by atoms with E-state index in [0.717, 1.165) is 29.8 Å². The van der Waals surface area contributed by atoms with E-state index in [-0.39, 0.29) is 16.8 Å². The SMILES string of the molecule is CC(NC(=O)[C@H](O)c1cc(F)cc(F)c1)C(=O)Nc1cc(C(C)(C)Cc2ccccc2)[nH]n1. The molecule has 4 N–H and O–H groups in total. The number of benzene rings is 2. The van der Waals surface area contributed by atoms with Crippen LogP contribution >= 0.6 is 0 Å². The van der Waals surface area contributed by atoms with Gasteiger partial charge in [0.25, 0.3) is 5.91 Å². The third-order valence-corrected chi connectivity index (χ3v) is 5.25. The van der Waals surface area contributed by atoms with E-state index in [2.05, 4.69) is 34.7 Å². The first kappa shape index (κ1) is 24.1. The summed E-state index contributed by atoms with van der Waals surface area (Å²) in [6.07, 6.45) is -1.07. The molecule has 7 nitrogen and oxygen atoms in total. The molecule has 3 rings (SSSR count). The van der Waals surface area contributed by atoms with Gasteiger partial charge in [-0.1, -0.05) is 44.2 Å². The van der Waals surface area contributed by atoms with Gasteiger partial charge in [0, 0.05) is 23.2 Å². The van der Waals surface area contributed by atoms with Crippen molar-refractivity contribution in [1.82, 2.24) is 15.5 Å². The van der Waals surface area contributed by atoms with E-state index in [4.69, 9.17) is 0 Å². The summed E-state index contributed by atoms with van der Waals surface area (Å²) in [5, 5.41) is 22.1. The van der Waals surface area contributed by atoms with Gasteiger partial charge in [-0.25, -0.2) is 8.78 Å². The van der Waals surface area contributed by atoms with Crippen LogP contribution in [-0.4, -0.2) is 33.2 Å². The number of aliphatic hydroxyl groups excluding tert-OH is 1. The molecule has 1 unspecified atom stereocenters. The number of hydrogen-bond acceptors (Lipinski definition) is 4. The first-order valence-corrected chi connectivity index (χ1v) is 10.4. The second kappa shape index (κ2) is 9.91. The molecule has 3 aromatic rings. The summed E-state index contributed by atoms with van der Waals surface area (Å²) < 4.78 is 26.7. The average molecular weight is 456 g/mol. The number of aromatic amines is 1. The lowest BCUT2D eigenvalue weighted by atomic mass is 9.83. The maximum Gasteiger partial charge on any atom is 0.254 e. The Labute approximate surface area is 190 Å². The molecule has 0 radical (unpaired) electrons. The molecule has 0 spiro atoms. The lowest BCUT2D eigenvalue weighted by molar-refractivity contribution is -0.132. The minimum Gasteiger partial charge on any atom is -0.378 e. The molecule has 0 aliphatic heterocycles. The van der Waals surface area contributed by atoms with Gasteiger partial charge in [0.1, 0.15) is 17.7 Å². The Bertz CT molecular complexity index is 1110. The summed E-state index contributed by atoms with van der Waals surface area (Å²) in [6, 6.07) is 13.0. The summed E-state index contributed by atoms with van der Waals surface area (Å²) in [6.45, 7) is 5.52. The van der Waals surface area contributed by atoms with Gasteiger partial charge in [-0.2, -0.15) is 5.10 Å². The number of aliphatic hydroxyl groups is 1. The lowest BCUT2D eigenvalue weighted by Crippen LogP contribution is -2.43. The topological polar surface area (TPSA) is 107 Å². The van der Waals surface area contributed by atoms with Crippen LogP contribution in [-0.2, 0) is 21.4 Å². The summed E-state index contributed by atoms with van der Waals surface area (Å²) >= 11 is 0. The minimum absolute atomic E-state index is 0.254. The Morgan fingerprint density at radius 1 is 1.06 bits per heavy atom. The lowest BCUT2D eigenvalue weighted by Gasteiger charge is -2.23. The predicted octanol–water partition coefficient (Wildman–Crippen LogP) is 3.39. The van der Waals surface area contributed by atoms with Crippen molar-refractivity contribution in [3.05, 3.63) is 83.1 Å². The van der Waals surface area contributed by atoms with Crippen LogP contribution in [0.5, 0.6) is 0 Å². The van der Waals surface area contributed by atoms with E-state index in [1.165, 1.54) is 6.92 Å². The van der Waals surface area contributed by atoms with Crippen molar-refractivity contribution in [3.8, 4) is 0 Å². The maximum absolute atomic E-state index is 13.3. The van der Waals surface area contributed by atoms with Crippen LogP contribution in [0.4, 0.5) is 14.6 Å². The summed E-state index contributed by atoms with van der Waals surface area (Å²) in [7, 11) is 0. The molecule has 0 saturated heterocycles. The third kappa shape index (κ3) is 6.23. The first-order chi connectivity index (χ1) is 15.5. The molecule has 0 aliphatic carbocycles. The van der Waals surface area contributed by atoms with Gasteiger partial charge in [-0.3, -0.25) is 14.7 Å². The molecular weight excluding hydrogens is 430 g/mol. The quantitative estimate of drug-likeness (QED) is 0.417. The van der Waals surface area contributed by atoms with Crippen molar-refractivity contribution in [1.29, 1.82) is 0 Å². The van der Waals surface area contributed by atoms with Gasteiger partial charge >= 0.3 is 0 Å². The molecule has 2 aromatic carbocycles. The van der Waals surface area contributed by atoms with E-state index in [9.17, 15) is 23.5 Å². The maximum atomic E-state index is 13.3. The number of carbonyl (C=O) groups is 2.